The number of para-hydroxylation sites is 1. The Labute approximate surface area is 121 Å². The maximum Gasteiger partial charge on any atom is 0.374 e. The lowest BCUT2D eigenvalue weighted by Gasteiger charge is -2.06. The first-order valence-electron chi connectivity index (χ1n) is 5.36. The smallest absolute Gasteiger partial charge is 0.374 e. The average Bonchev–Trinajstić information content (AvgIpc) is 2.84. The monoisotopic (exact) mass is 366 g/mol. The first-order chi connectivity index (χ1) is 9.15. The molecule has 0 saturated carbocycles. The molecule has 3 aromatic rings. The van der Waals surface area contributed by atoms with Gasteiger partial charge in [-0.05, 0) is 34.7 Å². The Hall–Kier alpha value is -2.03. The number of aromatic carboxylic acids is 1. The Morgan fingerprint density at radius 3 is 2.74 bits per heavy atom. The summed E-state index contributed by atoms with van der Waals surface area (Å²) in [6.07, 6.45) is 3.46. The lowest BCUT2D eigenvalue weighted by Crippen LogP contribution is -2.09. The summed E-state index contributed by atoms with van der Waals surface area (Å²) in [6, 6.07) is 7.24. The molecule has 0 fully saturated rings. The highest BCUT2D eigenvalue weighted by atomic mass is 127. The SMILES string of the molecule is O=C(O)c1nc(-n2cc(I)cn2)c2ccccc2n1. The molecule has 0 bridgehead atoms. The van der Waals surface area contributed by atoms with E-state index in [1.54, 1.807) is 29.2 Å². The molecule has 0 aliphatic carbocycles. The van der Waals surface area contributed by atoms with Crippen molar-refractivity contribution in [1.82, 2.24) is 19.7 Å². The van der Waals surface area contributed by atoms with Gasteiger partial charge in [0.05, 0.1) is 15.3 Å². The van der Waals surface area contributed by atoms with E-state index in [-0.39, 0.29) is 5.82 Å². The second kappa shape index (κ2) is 4.57. The van der Waals surface area contributed by atoms with Crippen molar-refractivity contribution in [2.75, 3.05) is 0 Å². The van der Waals surface area contributed by atoms with E-state index in [1.807, 2.05) is 12.1 Å². The van der Waals surface area contributed by atoms with E-state index in [0.29, 0.717) is 11.3 Å². The van der Waals surface area contributed by atoms with Gasteiger partial charge in [-0.15, -0.1) is 0 Å². The van der Waals surface area contributed by atoms with Gasteiger partial charge in [0, 0.05) is 11.6 Å². The van der Waals surface area contributed by atoms with Crippen LogP contribution in [0.25, 0.3) is 16.7 Å². The van der Waals surface area contributed by atoms with Crippen molar-refractivity contribution >= 4 is 39.5 Å². The van der Waals surface area contributed by atoms with Gasteiger partial charge >= 0.3 is 5.97 Å². The summed E-state index contributed by atoms with van der Waals surface area (Å²) in [5.74, 6) is -0.931. The fourth-order valence-corrected chi connectivity index (χ4v) is 2.14. The third-order valence-electron chi connectivity index (χ3n) is 2.54. The van der Waals surface area contributed by atoms with Gasteiger partial charge in [-0.3, -0.25) is 0 Å². The average molecular weight is 366 g/mol. The Morgan fingerprint density at radius 2 is 2.05 bits per heavy atom. The Bertz CT molecular complexity index is 784. The number of halogens is 1. The zero-order chi connectivity index (χ0) is 13.4. The van der Waals surface area contributed by atoms with Crippen LogP contribution in [0.5, 0.6) is 0 Å². The molecule has 0 aliphatic rings. The molecular weight excluding hydrogens is 359 g/mol. The van der Waals surface area contributed by atoms with E-state index in [9.17, 15) is 4.79 Å². The van der Waals surface area contributed by atoms with Crippen LogP contribution < -0.4 is 0 Å². The normalized spacial score (nSPS) is 10.8. The van der Waals surface area contributed by atoms with Crippen molar-refractivity contribution in [3.8, 4) is 5.82 Å². The lowest BCUT2D eigenvalue weighted by atomic mass is 10.2. The standard InChI is InChI=1S/C12H7IN4O2/c13-7-5-14-17(6-7)11-8-3-1-2-4-9(8)15-10(16-11)12(18)19/h1-6H,(H,18,19). The second-order valence-corrected chi connectivity index (χ2v) is 5.04. The van der Waals surface area contributed by atoms with Crippen LogP contribution in [0.2, 0.25) is 0 Å². The molecule has 2 heterocycles. The number of fused-ring (bicyclic) bond motifs is 1. The molecule has 1 aromatic carbocycles. The van der Waals surface area contributed by atoms with Crippen LogP contribution in [-0.4, -0.2) is 30.8 Å². The number of benzene rings is 1. The van der Waals surface area contributed by atoms with Gasteiger partial charge in [0.15, 0.2) is 5.82 Å². The molecule has 6 nitrogen and oxygen atoms in total. The van der Waals surface area contributed by atoms with Crippen LogP contribution in [0.3, 0.4) is 0 Å². The van der Waals surface area contributed by atoms with Crippen molar-refractivity contribution in [3.63, 3.8) is 0 Å². The van der Waals surface area contributed by atoms with Gasteiger partial charge < -0.3 is 5.11 Å². The first-order valence-corrected chi connectivity index (χ1v) is 6.43. The van der Waals surface area contributed by atoms with Crippen LogP contribution in [0, 0.1) is 3.57 Å². The highest BCUT2D eigenvalue weighted by molar-refractivity contribution is 14.1. The summed E-state index contributed by atoms with van der Waals surface area (Å²) in [6.45, 7) is 0. The molecule has 0 spiro atoms. The topological polar surface area (TPSA) is 80.9 Å². The van der Waals surface area contributed by atoms with Crippen LogP contribution in [0.4, 0.5) is 0 Å². The van der Waals surface area contributed by atoms with Gasteiger partial charge in [-0.1, -0.05) is 12.1 Å². The quantitative estimate of drug-likeness (QED) is 0.703. The summed E-state index contributed by atoms with van der Waals surface area (Å²) in [7, 11) is 0. The van der Waals surface area contributed by atoms with Crippen molar-refractivity contribution < 1.29 is 9.90 Å². The molecule has 0 atom stereocenters. The number of nitrogens with zero attached hydrogens (tertiary/aromatic N) is 4. The van der Waals surface area contributed by atoms with E-state index in [1.165, 1.54) is 0 Å². The minimum Gasteiger partial charge on any atom is -0.475 e. The highest BCUT2D eigenvalue weighted by Crippen LogP contribution is 2.19. The molecule has 94 valence electrons. The molecule has 1 N–H and O–H groups in total. The summed E-state index contributed by atoms with van der Waals surface area (Å²) in [4.78, 5) is 19.2. The number of carboxylic acid groups (broad SMARTS) is 1. The molecular formula is C12H7IN4O2. The van der Waals surface area contributed by atoms with Crippen molar-refractivity contribution in [2.24, 2.45) is 0 Å². The molecule has 0 aliphatic heterocycles. The lowest BCUT2D eigenvalue weighted by molar-refractivity contribution is 0.0684. The van der Waals surface area contributed by atoms with E-state index in [2.05, 4.69) is 37.7 Å². The van der Waals surface area contributed by atoms with E-state index < -0.39 is 5.97 Å². The molecule has 3 rings (SSSR count). The fraction of sp³-hybridized carbons (Fsp3) is 0. The molecule has 0 unspecified atom stereocenters. The van der Waals surface area contributed by atoms with Crippen molar-refractivity contribution in [2.45, 2.75) is 0 Å². The highest BCUT2D eigenvalue weighted by Gasteiger charge is 2.14. The summed E-state index contributed by atoms with van der Waals surface area (Å²) in [5.41, 5.74) is 0.579. The van der Waals surface area contributed by atoms with Crippen LogP contribution >= 0.6 is 22.6 Å². The number of carbonyl (C=O) groups is 1. The minimum absolute atomic E-state index is 0.237. The van der Waals surface area contributed by atoms with Crippen molar-refractivity contribution in [1.29, 1.82) is 0 Å². The predicted octanol–water partition coefficient (Wildman–Crippen LogP) is 2.12. The maximum atomic E-state index is 11.1. The molecule has 2 aromatic heterocycles. The molecule has 0 saturated heterocycles. The van der Waals surface area contributed by atoms with E-state index in [4.69, 9.17) is 5.11 Å². The van der Waals surface area contributed by atoms with Crippen LogP contribution in [0.15, 0.2) is 36.7 Å². The van der Waals surface area contributed by atoms with Gasteiger partial charge in [-0.2, -0.15) is 5.10 Å². The number of carboxylic acids is 1. The minimum atomic E-state index is -1.16. The molecule has 0 amide bonds. The maximum absolute atomic E-state index is 11.1. The van der Waals surface area contributed by atoms with Gasteiger partial charge in [0.25, 0.3) is 0 Å². The predicted molar refractivity (Wildman–Crippen MR) is 76.3 cm³/mol. The molecule has 19 heavy (non-hydrogen) atoms. The van der Waals surface area contributed by atoms with E-state index in [0.717, 1.165) is 8.96 Å². The van der Waals surface area contributed by atoms with E-state index >= 15 is 0 Å². The third kappa shape index (κ3) is 2.16. The fourth-order valence-electron chi connectivity index (χ4n) is 1.75. The first kappa shape index (κ1) is 12.0. The summed E-state index contributed by atoms with van der Waals surface area (Å²) in [5, 5.41) is 14.0. The summed E-state index contributed by atoms with van der Waals surface area (Å²) < 4.78 is 2.50. The molecule has 7 heteroatoms. The van der Waals surface area contributed by atoms with Gasteiger partial charge in [-0.25, -0.2) is 19.4 Å². The van der Waals surface area contributed by atoms with Crippen LogP contribution in [-0.2, 0) is 0 Å². The zero-order valence-electron chi connectivity index (χ0n) is 9.49. The number of hydrogen-bond donors (Lipinski definition) is 1. The third-order valence-corrected chi connectivity index (χ3v) is 3.10. The Balaban J connectivity index is 2.35. The zero-order valence-corrected chi connectivity index (χ0v) is 11.6. The van der Waals surface area contributed by atoms with Crippen molar-refractivity contribution in [3.05, 3.63) is 46.1 Å². The summed E-state index contributed by atoms with van der Waals surface area (Å²) >= 11 is 2.13. The molecule has 0 radical (unpaired) electrons. The number of hydrogen-bond acceptors (Lipinski definition) is 4. The van der Waals surface area contributed by atoms with Gasteiger partial charge in [0.1, 0.15) is 0 Å². The second-order valence-electron chi connectivity index (χ2n) is 3.80. The van der Waals surface area contributed by atoms with Gasteiger partial charge in [0.2, 0.25) is 5.82 Å². The van der Waals surface area contributed by atoms with Crippen LogP contribution in [0.1, 0.15) is 10.6 Å². The number of aromatic nitrogens is 4. The Kier molecular flexibility index (Phi) is 2.90. The number of rotatable bonds is 2. The Morgan fingerprint density at radius 1 is 1.26 bits per heavy atom. The largest absolute Gasteiger partial charge is 0.475 e.